The Morgan fingerprint density at radius 3 is 0.681 bits per heavy atom. The number of hydrogen-bond acceptors (Lipinski definition) is 17. The van der Waals surface area contributed by atoms with Gasteiger partial charge in [-0.3, -0.25) is 43.5 Å². The first kappa shape index (κ1) is 141. The molecule has 19 nitrogen and oxygen atoms in total. The lowest BCUT2D eigenvalue weighted by molar-refractivity contribution is -0.151. The number of unbranched alkanes of at least 4 members (excludes halogenated alkanes) is 42. The summed E-state index contributed by atoms with van der Waals surface area (Å²) in [7, 11) is -7.32. The van der Waals surface area contributed by atoms with Crippen LogP contribution in [-0.2, 0) is 65.4 Å². The van der Waals surface area contributed by atoms with Crippen LogP contribution in [0.3, 0.4) is 0 Å². The van der Waals surface area contributed by atoms with Crippen molar-refractivity contribution in [3.05, 3.63) is 0 Å². The Morgan fingerprint density at radius 1 is 0.243 bits per heavy atom. The minimum Gasteiger partial charge on any atom is -0.466 e. The maximum absolute atomic E-state index is 13.9. The predicted octanol–water partition coefficient (Wildman–Crippen LogP) is 34.1. The lowest BCUT2D eigenvalue weighted by Gasteiger charge is -2.42. The molecule has 4 unspecified atom stereocenters. The number of likely N-dealkylation sites (N-methyl/N-ethyl adjacent to an activating group) is 1. The molecule has 854 valence electrons. The largest absolute Gasteiger partial charge is 0.466 e. The Labute approximate surface area is 897 Å². The van der Waals surface area contributed by atoms with Crippen LogP contribution in [0.5, 0.6) is 0 Å². The van der Waals surface area contributed by atoms with Gasteiger partial charge >= 0.3 is 23.9 Å². The SMILES string of the molecule is CCCCCCCCCCCOC(=O)CCCC(CN(CCCCNC(=O)CN(C)CC(=O)NCCCCN(CC(CCCCCC(=O)OC(CCCCCCCC)CCCCCCCC)O[Si](C)(C)C(C)(C)C)CC(CCCC(=O)OCCCCCCCCCCC)O[Si](C)(C)C(C)(C)C)CC(CCCCCC(=O)OC(CCCCCCCC)CCCCCCCC)O[Si](C)(C)C(C)(C)C)O[Si](C)(C)C(C)(C)C. The maximum atomic E-state index is 13.9. The van der Waals surface area contributed by atoms with Crippen LogP contribution in [0, 0.1) is 0 Å². The van der Waals surface area contributed by atoms with Crippen LogP contribution in [0.15, 0.2) is 0 Å². The number of amides is 2. The first-order valence-corrected chi connectivity index (χ1v) is 72.9. The fourth-order valence-corrected chi connectivity index (χ4v) is 23.9. The van der Waals surface area contributed by atoms with E-state index in [4.69, 9.17) is 36.7 Å². The molecule has 0 spiro atoms. The fraction of sp³-hybridized carbons (Fsp3) is 0.950. The van der Waals surface area contributed by atoms with Crippen LogP contribution in [0.2, 0.25) is 72.5 Å². The van der Waals surface area contributed by atoms with Gasteiger partial charge in [-0.2, -0.15) is 0 Å². The van der Waals surface area contributed by atoms with Crippen molar-refractivity contribution in [1.82, 2.24) is 25.3 Å². The van der Waals surface area contributed by atoms with E-state index in [-0.39, 0.29) is 106 Å². The first-order chi connectivity index (χ1) is 68.2. The Kier molecular flexibility index (Phi) is 84.2. The molecule has 0 bridgehead atoms. The molecular formula is C121H245N5O14Si4. The van der Waals surface area contributed by atoms with Gasteiger partial charge in [-0.25, -0.2) is 0 Å². The summed E-state index contributed by atoms with van der Waals surface area (Å²) < 4.78 is 54.2. The number of esters is 4. The molecule has 0 saturated heterocycles. The summed E-state index contributed by atoms with van der Waals surface area (Å²) in [6.45, 7) is 66.5. The Bertz CT molecular complexity index is 2850. The van der Waals surface area contributed by atoms with Crippen molar-refractivity contribution >= 4 is 69.0 Å². The fourth-order valence-electron chi connectivity index (χ4n) is 18.4. The average Bonchev–Trinajstić information content (AvgIpc) is 0.833. The Hall–Kier alpha value is -2.59. The highest BCUT2D eigenvalue weighted by molar-refractivity contribution is 6.75. The van der Waals surface area contributed by atoms with Crippen LogP contribution in [0.4, 0.5) is 0 Å². The maximum Gasteiger partial charge on any atom is 0.306 e. The van der Waals surface area contributed by atoms with Gasteiger partial charge in [0.1, 0.15) is 12.2 Å². The van der Waals surface area contributed by atoms with Gasteiger partial charge in [0.15, 0.2) is 33.3 Å². The average molecular weight is 2110 g/mol. The lowest BCUT2D eigenvalue weighted by Crippen LogP contribution is -2.50. The van der Waals surface area contributed by atoms with Crippen LogP contribution in [-0.4, -0.2) is 206 Å². The van der Waals surface area contributed by atoms with E-state index < -0.39 is 33.3 Å². The van der Waals surface area contributed by atoms with Gasteiger partial charge in [0.05, 0.1) is 50.7 Å². The second-order valence-corrected chi connectivity index (χ2v) is 69.4. The molecule has 0 aliphatic heterocycles. The molecular weight excluding hydrogens is 1860 g/mol. The summed E-state index contributed by atoms with van der Waals surface area (Å²) in [5.41, 5.74) is 0. The summed E-state index contributed by atoms with van der Waals surface area (Å²) in [5, 5.41) is 6.35. The molecule has 0 heterocycles. The number of nitrogens with zero attached hydrogens (tertiary/aromatic N) is 3. The third-order valence-corrected chi connectivity index (χ3v) is 50.1. The summed E-state index contributed by atoms with van der Waals surface area (Å²) in [6, 6.07) is 0. The zero-order chi connectivity index (χ0) is 108. The number of ether oxygens (including phenoxy) is 4. The van der Waals surface area contributed by atoms with E-state index in [0.29, 0.717) is 91.0 Å². The quantitative estimate of drug-likeness (QED) is 0.0251. The number of nitrogens with one attached hydrogen (secondary N) is 2. The number of carbonyl (C=O) groups is 6. The molecule has 2 N–H and O–H groups in total. The van der Waals surface area contributed by atoms with Crippen molar-refractivity contribution in [1.29, 1.82) is 0 Å². The van der Waals surface area contributed by atoms with E-state index in [1.54, 1.807) is 4.90 Å². The second-order valence-electron chi connectivity index (χ2n) is 50.3. The minimum absolute atomic E-state index is 0.00718. The normalized spacial score (nSPS) is 13.7. The monoisotopic (exact) mass is 2100 g/mol. The van der Waals surface area contributed by atoms with Gasteiger partial charge in [0.25, 0.3) is 0 Å². The molecule has 0 aromatic carbocycles. The molecule has 0 saturated carbocycles. The Morgan fingerprint density at radius 2 is 0.444 bits per heavy atom. The number of carbonyl (C=O) groups excluding carboxylic acids is 6. The summed E-state index contributed by atoms with van der Waals surface area (Å²) in [6.07, 6.45) is 69.5. The van der Waals surface area contributed by atoms with Crippen molar-refractivity contribution in [2.24, 2.45) is 0 Å². The number of rotatable bonds is 100. The molecule has 23 heteroatoms. The van der Waals surface area contributed by atoms with Crippen LogP contribution >= 0.6 is 0 Å². The van der Waals surface area contributed by atoms with E-state index in [2.05, 4.69) is 197 Å². The van der Waals surface area contributed by atoms with Crippen LogP contribution in [0.25, 0.3) is 0 Å². The zero-order valence-corrected chi connectivity index (χ0v) is 105. The van der Waals surface area contributed by atoms with Crippen molar-refractivity contribution in [2.45, 2.75) is 658 Å². The van der Waals surface area contributed by atoms with Crippen molar-refractivity contribution in [3.8, 4) is 0 Å². The highest BCUT2D eigenvalue weighted by atomic mass is 28.4. The Balaban J connectivity index is 7.01. The van der Waals surface area contributed by atoms with Gasteiger partial charge in [0.2, 0.25) is 11.8 Å². The zero-order valence-electron chi connectivity index (χ0n) is 101. The topological polar surface area (TPSA) is 210 Å². The third kappa shape index (κ3) is 77.7. The molecule has 0 fully saturated rings. The first-order valence-electron chi connectivity index (χ1n) is 61.3. The van der Waals surface area contributed by atoms with Gasteiger partial charge in [-0.05, 0) is 234 Å². The van der Waals surface area contributed by atoms with E-state index in [0.717, 1.165) is 180 Å². The number of hydrogen-bond donors (Lipinski definition) is 2. The minimum atomic E-state index is -2.30. The molecule has 0 aromatic heterocycles. The van der Waals surface area contributed by atoms with E-state index in [1.165, 1.54) is 218 Å². The molecule has 4 atom stereocenters. The molecule has 0 radical (unpaired) electrons. The molecule has 144 heavy (non-hydrogen) atoms. The molecule has 0 aliphatic carbocycles. The lowest BCUT2D eigenvalue weighted by atomic mass is 10.0. The second kappa shape index (κ2) is 85.7. The van der Waals surface area contributed by atoms with Gasteiger partial charge in [-0.1, -0.05) is 381 Å². The highest BCUT2D eigenvalue weighted by Crippen LogP contribution is 2.43. The molecule has 0 rings (SSSR count). The van der Waals surface area contributed by atoms with E-state index in [9.17, 15) is 28.8 Å². The van der Waals surface area contributed by atoms with Crippen LogP contribution < -0.4 is 10.6 Å². The summed E-state index contributed by atoms with van der Waals surface area (Å²) >= 11 is 0. The summed E-state index contributed by atoms with van der Waals surface area (Å²) in [4.78, 5) is 89.0. The molecule has 0 aromatic rings. The van der Waals surface area contributed by atoms with Gasteiger partial charge < -0.3 is 47.3 Å². The highest BCUT2D eigenvalue weighted by Gasteiger charge is 2.44. The van der Waals surface area contributed by atoms with Crippen molar-refractivity contribution in [2.75, 3.05) is 85.7 Å². The summed E-state index contributed by atoms with van der Waals surface area (Å²) in [5.74, 6) is -0.591. The van der Waals surface area contributed by atoms with Crippen LogP contribution in [0.1, 0.15) is 548 Å². The third-order valence-electron chi connectivity index (χ3n) is 32.0. The molecule has 0 aliphatic rings. The van der Waals surface area contributed by atoms with Gasteiger partial charge in [-0.15, -0.1) is 0 Å². The van der Waals surface area contributed by atoms with Crippen molar-refractivity contribution < 1.29 is 65.4 Å². The van der Waals surface area contributed by atoms with E-state index in [1.807, 2.05) is 7.05 Å². The smallest absolute Gasteiger partial charge is 0.306 e. The van der Waals surface area contributed by atoms with Gasteiger partial charge in [0, 0.05) is 65.0 Å². The molecule has 2 amide bonds. The van der Waals surface area contributed by atoms with E-state index >= 15 is 0 Å². The standard InChI is InChI=1S/C121H245N5O14Si4/c1-28-34-40-46-52-54-56-62-78-98-133-114(129)92-80-88-110(139-143(24,25)120(13,14)15)102-125(100-108(137-141(20,21)118(7,8)9)86-70-64-72-90-116(131)135-106(82-66-58-48-42-36-30-3)83-67-59-49-43-37-31-4)96-76-74-94-122-112(127)104-124(19)105-113(128)123-95-75-77-97-126(103-111(140-144(26,27)121(16,17)18)89-81-93-115(130)134-99-79-63-57-55-53-47-41-35-29-2)101-109(138-142(22,23)119(10,11)12)87-71-65-73-91-117(132)136-107(84-68-60-50-44-38-32-5)85-69-61-51-45-39-33-6/h106-111H,28-105H2,1-27H3,(H,122,127)(H,123,128). The predicted molar refractivity (Wildman–Crippen MR) is 625 cm³/mol. The van der Waals surface area contributed by atoms with Crippen molar-refractivity contribution in [3.63, 3.8) is 0 Å².